The van der Waals surface area contributed by atoms with Crippen LogP contribution in [0.5, 0.6) is 0 Å². The van der Waals surface area contributed by atoms with Gasteiger partial charge in [-0.2, -0.15) is 5.26 Å². The highest BCUT2D eigenvalue weighted by atomic mass is 79.9. The first-order valence-electron chi connectivity index (χ1n) is 6.64. The summed E-state index contributed by atoms with van der Waals surface area (Å²) in [6.45, 7) is 2.19. The molecule has 3 nitrogen and oxygen atoms in total. The van der Waals surface area contributed by atoms with E-state index in [9.17, 15) is 10.1 Å². The van der Waals surface area contributed by atoms with Crippen LogP contribution >= 0.6 is 31.9 Å². The molecule has 1 N–H and O–H groups in total. The molecule has 1 aromatic rings. The third-order valence-electron chi connectivity index (χ3n) is 3.87. The van der Waals surface area contributed by atoms with Crippen LogP contribution in [0.25, 0.3) is 0 Å². The van der Waals surface area contributed by atoms with Gasteiger partial charge in [0.15, 0.2) is 0 Å². The van der Waals surface area contributed by atoms with E-state index in [1.807, 2.05) is 12.1 Å². The van der Waals surface area contributed by atoms with Gasteiger partial charge in [0, 0.05) is 8.95 Å². The van der Waals surface area contributed by atoms with Gasteiger partial charge in [-0.05, 0) is 65.7 Å². The lowest BCUT2D eigenvalue weighted by Gasteiger charge is -2.34. The van der Waals surface area contributed by atoms with Gasteiger partial charge in [0.25, 0.3) is 5.91 Å². The molecule has 0 heterocycles. The number of rotatable bonds is 2. The highest BCUT2D eigenvalue weighted by Crippen LogP contribution is 2.32. The third-order valence-corrected chi connectivity index (χ3v) is 5.02. The smallest absolute Gasteiger partial charge is 0.253 e. The number of nitrogens with one attached hydrogen (secondary N) is 1. The van der Waals surface area contributed by atoms with Crippen molar-refractivity contribution in [3.63, 3.8) is 0 Å². The van der Waals surface area contributed by atoms with E-state index in [1.165, 1.54) is 0 Å². The van der Waals surface area contributed by atoms with Crippen molar-refractivity contribution in [3.8, 4) is 6.07 Å². The van der Waals surface area contributed by atoms with Crippen molar-refractivity contribution in [3.05, 3.63) is 32.7 Å². The predicted molar refractivity (Wildman–Crippen MR) is 85.3 cm³/mol. The van der Waals surface area contributed by atoms with Crippen molar-refractivity contribution in [2.75, 3.05) is 0 Å². The molecule has 1 fully saturated rings. The van der Waals surface area contributed by atoms with Crippen LogP contribution in [-0.2, 0) is 0 Å². The topological polar surface area (TPSA) is 52.9 Å². The minimum atomic E-state index is -0.712. The van der Waals surface area contributed by atoms with Crippen LogP contribution in [0.4, 0.5) is 0 Å². The Bertz CT molecular complexity index is 557. The second kappa shape index (κ2) is 6.28. The molecule has 20 heavy (non-hydrogen) atoms. The molecule has 1 aromatic carbocycles. The largest absolute Gasteiger partial charge is 0.334 e. The van der Waals surface area contributed by atoms with Crippen LogP contribution in [0.2, 0.25) is 0 Å². The summed E-state index contributed by atoms with van der Waals surface area (Å²) in [5.41, 5.74) is -0.155. The van der Waals surface area contributed by atoms with Crippen molar-refractivity contribution in [1.29, 1.82) is 5.26 Å². The lowest BCUT2D eigenvalue weighted by atomic mass is 9.78. The average Bonchev–Trinajstić information content (AvgIpc) is 2.41. The summed E-state index contributed by atoms with van der Waals surface area (Å²) >= 11 is 6.75. The number of halogens is 2. The van der Waals surface area contributed by atoms with Gasteiger partial charge in [-0.25, -0.2) is 0 Å². The molecule has 0 radical (unpaired) electrons. The molecule has 1 saturated carbocycles. The maximum absolute atomic E-state index is 12.4. The summed E-state index contributed by atoms with van der Waals surface area (Å²) in [6.07, 6.45) is 3.42. The molecular weight excluding hydrogens is 384 g/mol. The van der Waals surface area contributed by atoms with E-state index in [0.29, 0.717) is 11.5 Å². The van der Waals surface area contributed by atoms with E-state index in [1.54, 1.807) is 6.07 Å². The Morgan fingerprint density at radius 1 is 1.40 bits per heavy atom. The van der Waals surface area contributed by atoms with Crippen molar-refractivity contribution >= 4 is 37.8 Å². The number of hydrogen-bond acceptors (Lipinski definition) is 2. The molecule has 0 unspecified atom stereocenters. The average molecular weight is 400 g/mol. The maximum atomic E-state index is 12.4. The number of carbonyl (C=O) groups is 1. The number of hydrogen-bond donors (Lipinski definition) is 1. The summed E-state index contributed by atoms with van der Waals surface area (Å²) in [5, 5.41) is 12.4. The molecule has 2 rings (SSSR count). The van der Waals surface area contributed by atoms with Gasteiger partial charge >= 0.3 is 0 Å². The number of carbonyl (C=O) groups excluding carboxylic acids is 1. The van der Waals surface area contributed by atoms with Gasteiger partial charge in [0.1, 0.15) is 5.54 Å². The lowest BCUT2D eigenvalue weighted by molar-refractivity contribution is 0.0893. The summed E-state index contributed by atoms with van der Waals surface area (Å²) in [7, 11) is 0. The van der Waals surface area contributed by atoms with E-state index in [-0.39, 0.29) is 5.91 Å². The summed E-state index contributed by atoms with van der Waals surface area (Å²) in [6, 6.07) is 7.71. The van der Waals surface area contributed by atoms with Crippen molar-refractivity contribution in [1.82, 2.24) is 5.32 Å². The fraction of sp³-hybridized carbons (Fsp3) is 0.467. The molecule has 1 aliphatic rings. The highest BCUT2D eigenvalue weighted by Gasteiger charge is 2.36. The Labute approximate surface area is 136 Å². The number of amides is 1. The molecule has 1 amide bonds. The molecule has 0 aliphatic heterocycles. The van der Waals surface area contributed by atoms with Gasteiger partial charge in [-0.1, -0.05) is 22.9 Å². The normalized spacial score (nSPS) is 25.8. The zero-order chi connectivity index (χ0) is 14.8. The van der Waals surface area contributed by atoms with Gasteiger partial charge in [0.2, 0.25) is 0 Å². The molecule has 0 atom stereocenters. The van der Waals surface area contributed by atoms with Crippen molar-refractivity contribution < 1.29 is 4.79 Å². The van der Waals surface area contributed by atoms with Crippen LogP contribution in [0, 0.1) is 17.2 Å². The number of benzene rings is 1. The van der Waals surface area contributed by atoms with E-state index >= 15 is 0 Å². The minimum absolute atomic E-state index is 0.194. The van der Waals surface area contributed by atoms with Crippen LogP contribution in [0.1, 0.15) is 43.0 Å². The van der Waals surface area contributed by atoms with E-state index < -0.39 is 5.54 Å². The summed E-state index contributed by atoms with van der Waals surface area (Å²) in [5.74, 6) is 0.438. The first-order valence-corrected chi connectivity index (χ1v) is 8.23. The number of nitrogens with zero attached hydrogens (tertiary/aromatic N) is 1. The molecule has 0 bridgehead atoms. The molecule has 0 spiro atoms. The van der Waals surface area contributed by atoms with Gasteiger partial charge in [-0.3, -0.25) is 4.79 Å². The molecule has 1 aliphatic carbocycles. The standard InChI is InChI=1S/C15H16Br2N2O/c1-10-4-6-15(9-18,7-5-10)19-14(20)12-3-2-11(16)8-13(12)17/h2-3,8,10H,4-7H2,1H3,(H,19,20). The second-order valence-corrected chi connectivity index (χ2v) is 7.22. The number of nitriles is 1. The minimum Gasteiger partial charge on any atom is -0.334 e. The van der Waals surface area contributed by atoms with E-state index in [0.717, 1.165) is 34.6 Å². The monoisotopic (exact) mass is 398 g/mol. The molecule has 0 aromatic heterocycles. The lowest BCUT2D eigenvalue weighted by Crippen LogP contribution is -2.49. The fourth-order valence-corrected chi connectivity index (χ4v) is 3.71. The van der Waals surface area contributed by atoms with Crippen LogP contribution in [-0.4, -0.2) is 11.4 Å². The zero-order valence-electron chi connectivity index (χ0n) is 11.2. The maximum Gasteiger partial charge on any atom is 0.253 e. The first kappa shape index (κ1) is 15.5. The van der Waals surface area contributed by atoms with Crippen molar-refractivity contribution in [2.45, 2.75) is 38.1 Å². The summed E-state index contributed by atoms with van der Waals surface area (Å²) in [4.78, 5) is 12.4. The van der Waals surface area contributed by atoms with Crippen molar-refractivity contribution in [2.24, 2.45) is 5.92 Å². The third kappa shape index (κ3) is 3.42. The van der Waals surface area contributed by atoms with Crippen LogP contribution in [0.15, 0.2) is 27.1 Å². The predicted octanol–water partition coefficient (Wildman–Crippen LogP) is 4.41. The quantitative estimate of drug-likeness (QED) is 0.800. The fourth-order valence-electron chi connectivity index (χ4n) is 2.48. The van der Waals surface area contributed by atoms with E-state index in [2.05, 4.69) is 50.2 Å². The highest BCUT2D eigenvalue weighted by molar-refractivity contribution is 9.11. The SMILES string of the molecule is CC1CCC(C#N)(NC(=O)c2ccc(Br)cc2Br)CC1. The van der Waals surface area contributed by atoms with Gasteiger partial charge in [-0.15, -0.1) is 0 Å². The molecule has 5 heteroatoms. The van der Waals surface area contributed by atoms with Crippen LogP contribution < -0.4 is 5.32 Å². The van der Waals surface area contributed by atoms with Gasteiger partial charge in [0.05, 0.1) is 11.6 Å². The second-order valence-electron chi connectivity index (χ2n) is 5.45. The molecular formula is C15H16Br2N2O. The Balaban J connectivity index is 2.16. The Hall–Kier alpha value is -0.860. The zero-order valence-corrected chi connectivity index (χ0v) is 14.4. The van der Waals surface area contributed by atoms with E-state index in [4.69, 9.17) is 0 Å². The molecule has 106 valence electrons. The molecule has 0 saturated heterocycles. The Kier molecular flexibility index (Phi) is 4.87. The van der Waals surface area contributed by atoms with Gasteiger partial charge < -0.3 is 5.32 Å². The Morgan fingerprint density at radius 2 is 2.05 bits per heavy atom. The van der Waals surface area contributed by atoms with Crippen LogP contribution in [0.3, 0.4) is 0 Å². The summed E-state index contributed by atoms with van der Waals surface area (Å²) < 4.78 is 1.63. The first-order chi connectivity index (χ1) is 9.46. The Morgan fingerprint density at radius 3 is 2.60 bits per heavy atom.